The number of alkyl halides is 3. The van der Waals surface area contributed by atoms with Crippen LogP contribution in [0.4, 0.5) is 13.2 Å². The van der Waals surface area contributed by atoms with Crippen LogP contribution >= 0.6 is 11.8 Å². The van der Waals surface area contributed by atoms with Crippen LogP contribution in [0.2, 0.25) is 0 Å². The second-order valence-corrected chi connectivity index (χ2v) is 6.11. The fourth-order valence-corrected chi connectivity index (χ4v) is 2.16. The predicted octanol–water partition coefficient (Wildman–Crippen LogP) is 1.98. The molecular weight excluding hydrogens is 319 g/mol. The number of nitrogens with zero attached hydrogens (tertiary/aromatic N) is 4. The molecule has 1 heterocycles. The molecule has 1 aromatic rings. The summed E-state index contributed by atoms with van der Waals surface area (Å²) in [5.74, 6) is -1.86. The molecule has 0 radical (unpaired) electrons. The topological polar surface area (TPSA) is 83.6 Å². The van der Waals surface area contributed by atoms with Crippen molar-refractivity contribution in [3.05, 3.63) is 5.82 Å². The van der Waals surface area contributed by atoms with Gasteiger partial charge in [-0.1, -0.05) is 25.6 Å². The van der Waals surface area contributed by atoms with E-state index < -0.39 is 23.4 Å². The van der Waals surface area contributed by atoms with Crippen molar-refractivity contribution in [1.82, 2.24) is 20.1 Å². The minimum Gasteiger partial charge on any atom is -0.337 e. The molecule has 0 aromatic carbocycles. The molecule has 0 aliphatic heterocycles. The zero-order valence-electron chi connectivity index (χ0n) is 12.5. The molecule has 0 spiro atoms. The number of thioether (sulfide) groups is 1. The van der Waals surface area contributed by atoms with E-state index in [1.54, 1.807) is 20.8 Å². The summed E-state index contributed by atoms with van der Waals surface area (Å²) in [5.41, 5.74) is -1.03. The highest BCUT2D eigenvalue weighted by molar-refractivity contribution is 7.99. The van der Waals surface area contributed by atoms with Gasteiger partial charge in [0, 0.05) is 7.05 Å². The van der Waals surface area contributed by atoms with Crippen LogP contribution in [-0.4, -0.2) is 32.0 Å². The number of amides is 1. The lowest BCUT2D eigenvalue weighted by Crippen LogP contribution is -2.49. The molecule has 1 atom stereocenters. The monoisotopic (exact) mass is 335 g/mol. The molecule has 0 saturated heterocycles. The Morgan fingerprint density at radius 2 is 2.05 bits per heavy atom. The third-order valence-electron chi connectivity index (χ3n) is 3.21. The van der Waals surface area contributed by atoms with Gasteiger partial charge in [0.1, 0.15) is 5.54 Å². The number of nitriles is 1. The molecule has 0 saturated carbocycles. The molecule has 22 heavy (non-hydrogen) atoms. The fourth-order valence-electron chi connectivity index (χ4n) is 1.44. The van der Waals surface area contributed by atoms with Crippen LogP contribution < -0.4 is 5.32 Å². The fraction of sp³-hybridized carbons (Fsp3) is 0.667. The van der Waals surface area contributed by atoms with Gasteiger partial charge < -0.3 is 9.88 Å². The molecule has 0 aliphatic carbocycles. The third kappa shape index (κ3) is 4.13. The number of carbonyl (C=O) groups is 1. The lowest BCUT2D eigenvalue weighted by Gasteiger charge is -2.27. The van der Waals surface area contributed by atoms with E-state index in [4.69, 9.17) is 5.26 Å². The Morgan fingerprint density at radius 1 is 1.45 bits per heavy atom. The quantitative estimate of drug-likeness (QED) is 0.832. The standard InChI is InChI=1S/C12H16F3N5OS/c1-7(2)11(3,6-16)17-8(21)5-22-10-19-18-9(20(10)4)12(13,14)15/h7H,5H2,1-4H3,(H,17,21)/t11-/m1/s1. The normalized spacial score (nSPS) is 14.5. The molecule has 0 aliphatic rings. The van der Waals surface area contributed by atoms with Gasteiger partial charge in [0.05, 0.1) is 11.8 Å². The van der Waals surface area contributed by atoms with E-state index >= 15 is 0 Å². The van der Waals surface area contributed by atoms with E-state index in [0.29, 0.717) is 0 Å². The van der Waals surface area contributed by atoms with E-state index in [1.165, 1.54) is 7.05 Å². The molecular formula is C12H16F3N5OS. The van der Waals surface area contributed by atoms with Gasteiger partial charge in [-0.25, -0.2) is 0 Å². The summed E-state index contributed by atoms with van der Waals surface area (Å²) in [6.45, 7) is 5.16. The molecule has 6 nitrogen and oxygen atoms in total. The predicted molar refractivity (Wildman–Crippen MR) is 73.7 cm³/mol. The molecule has 0 fully saturated rings. The Kier molecular flexibility index (Phi) is 5.45. The Bertz CT molecular complexity index is 593. The van der Waals surface area contributed by atoms with Gasteiger partial charge in [0.15, 0.2) is 5.16 Å². The first kappa shape index (κ1) is 18.3. The summed E-state index contributed by atoms with van der Waals surface area (Å²) in [6.07, 6.45) is -4.60. The number of halogens is 3. The lowest BCUT2D eigenvalue weighted by atomic mass is 9.90. The van der Waals surface area contributed by atoms with Gasteiger partial charge in [0.2, 0.25) is 11.7 Å². The molecule has 1 N–H and O–H groups in total. The van der Waals surface area contributed by atoms with E-state index in [-0.39, 0.29) is 16.8 Å². The zero-order chi connectivity index (χ0) is 17.1. The van der Waals surface area contributed by atoms with Crippen molar-refractivity contribution in [2.45, 2.75) is 37.6 Å². The Labute approximate surface area is 130 Å². The second-order valence-electron chi connectivity index (χ2n) is 5.17. The highest BCUT2D eigenvalue weighted by Crippen LogP contribution is 2.29. The number of hydrogen-bond acceptors (Lipinski definition) is 5. The molecule has 10 heteroatoms. The average Bonchev–Trinajstić information content (AvgIpc) is 2.77. The van der Waals surface area contributed by atoms with Crippen LogP contribution in [0.1, 0.15) is 26.6 Å². The minimum atomic E-state index is -4.60. The molecule has 122 valence electrons. The molecule has 1 aromatic heterocycles. The number of carbonyl (C=O) groups excluding carboxylic acids is 1. The van der Waals surface area contributed by atoms with Crippen molar-refractivity contribution in [3.63, 3.8) is 0 Å². The van der Waals surface area contributed by atoms with Gasteiger partial charge in [-0.2, -0.15) is 18.4 Å². The van der Waals surface area contributed by atoms with Crippen LogP contribution in [0.3, 0.4) is 0 Å². The first-order valence-corrected chi connectivity index (χ1v) is 7.31. The summed E-state index contributed by atoms with van der Waals surface area (Å²) >= 11 is 0.823. The second kappa shape index (κ2) is 6.56. The van der Waals surface area contributed by atoms with Gasteiger partial charge >= 0.3 is 6.18 Å². The van der Waals surface area contributed by atoms with E-state index in [2.05, 4.69) is 15.5 Å². The smallest absolute Gasteiger partial charge is 0.337 e. The minimum absolute atomic E-state index is 0.0225. The van der Waals surface area contributed by atoms with Crippen molar-refractivity contribution in [2.75, 3.05) is 5.75 Å². The highest BCUT2D eigenvalue weighted by Gasteiger charge is 2.37. The molecule has 1 amide bonds. The first-order valence-electron chi connectivity index (χ1n) is 6.33. The van der Waals surface area contributed by atoms with E-state index in [9.17, 15) is 18.0 Å². The van der Waals surface area contributed by atoms with Crippen LogP contribution in [0.5, 0.6) is 0 Å². The number of hydrogen-bond donors (Lipinski definition) is 1. The molecule has 1 rings (SSSR count). The lowest BCUT2D eigenvalue weighted by molar-refractivity contribution is -0.147. The Hall–Kier alpha value is -1.76. The van der Waals surface area contributed by atoms with Crippen molar-refractivity contribution in [1.29, 1.82) is 5.26 Å². The van der Waals surface area contributed by atoms with E-state index in [1.807, 2.05) is 6.07 Å². The Balaban J connectivity index is 2.70. The van der Waals surface area contributed by atoms with Crippen molar-refractivity contribution in [2.24, 2.45) is 13.0 Å². The van der Waals surface area contributed by atoms with Crippen molar-refractivity contribution >= 4 is 17.7 Å². The summed E-state index contributed by atoms with van der Waals surface area (Å²) in [6, 6.07) is 2.02. The van der Waals surface area contributed by atoms with Gasteiger partial charge in [-0.05, 0) is 12.8 Å². The maximum absolute atomic E-state index is 12.6. The zero-order valence-corrected chi connectivity index (χ0v) is 13.3. The van der Waals surface area contributed by atoms with Crippen LogP contribution in [0, 0.1) is 17.2 Å². The number of nitrogens with one attached hydrogen (secondary N) is 1. The SMILES string of the molecule is CC(C)[C@@](C)(C#N)NC(=O)CSc1nnc(C(F)(F)F)n1C. The van der Waals surface area contributed by atoms with Gasteiger partial charge in [-0.3, -0.25) is 4.79 Å². The van der Waals surface area contributed by atoms with Crippen LogP contribution in [0.25, 0.3) is 0 Å². The van der Waals surface area contributed by atoms with E-state index in [0.717, 1.165) is 16.3 Å². The Morgan fingerprint density at radius 3 is 2.45 bits per heavy atom. The van der Waals surface area contributed by atoms with Gasteiger partial charge in [-0.15, -0.1) is 10.2 Å². The molecule has 0 bridgehead atoms. The largest absolute Gasteiger partial charge is 0.451 e. The first-order chi connectivity index (χ1) is 10.0. The molecule has 0 unspecified atom stereocenters. The van der Waals surface area contributed by atoms with Crippen molar-refractivity contribution in [3.8, 4) is 6.07 Å². The van der Waals surface area contributed by atoms with Gasteiger partial charge in [0.25, 0.3) is 0 Å². The van der Waals surface area contributed by atoms with Crippen LogP contribution in [-0.2, 0) is 18.0 Å². The van der Waals surface area contributed by atoms with Crippen LogP contribution in [0.15, 0.2) is 5.16 Å². The average molecular weight is 335 g/mol. The summed E-state index contributed by atoms with van der Waals surface area (Å²) in [5, 5.41) is 18.1. The maximum Gasteiger partial charge on any atom is 0.451 e. The summed E-state index contributed by atoms with van der Waals surface area (Å²) in [4.78, 5) is 11.8. The highest BCUT2D eigenvalue weighted by atomic mass is 32.2. The number of rotatable bonds is 5. The summed E-state index contributed by atoms with van der Waals surface area (Å²) in [7, 11) is 1.18. The number of aromatic nitrogens is 3. The third-order valence-corrected chi connectivity index (χ3v) is 4.23. The summed E-state index contributed by atoms with van der Waals surface area (Å²) < 4.78 is 38.5. The van der Waals surface area contributed by atoms with Crippen molar-refractivity contribution < 1.29 is 18.0 Å². The maximum atomic E-state index is 12.6.